The molecule has 0 amide bonds. The number of benzene rings is 4. The van der Waals surface area contributed by atoms with Crippen LogP contribution in [-0.4, -0.2) is 9.97 Å². The fraction of sp³-hybridized carbons (Fsp3) is 0.222. The molecule has 0 atom stereocenters. The van der Waals surface area contributed by atoms with Gasteiger partial charge in [0.15, 0.2) is 11.2 Å². The Kier molecular flexibility index (Phi) is 6.22. The van der Waals surface area contributed by atoms with E-state index >= 15 is 0 Å². The smallest absolute Gasteiger partial charge is 0.227 e. The lowest BCUT2D eigenvalue weighted by Crippen LogP contribution is -2.10. The van der Waals surface area contributed by atoms with Crippen molar-refractivity contribution in [3.8, 4) is 22.9 Å². The Balaban J connectivity index is 1.16. The van der Waals surface area contributed by atoms with Gasteiger partial charge in [-0.15, -0.1) is 0 Å². The number of rotatable bonds is 4. The summed E-state index contributed by atoms with van der Waals surface area (Å²) in [6.45, 7) is 13.2. The lowest BCUT2D eigenvalue weighted by atomic mass is 9.87. The average molecular weight is 527 g/mol. The lowest BCUT2D eigenvalue weighted by molar-refractivity contribution is 0.589. The molecule has 4 heteroatoms. The van der Waals surface area contributed by atoms with E-state index in [4.69, 9.17) is 18.8 Å². The van der Waals surface area contributed by atoms with Gasteiger partial charge < -0.3 is 8.83 Å². The summed E-state index contributed by atoms with van der Waals surface area (Å²) in [6, 6.07) is 29.1. The molecule has 200 valence electrons. The highest BCUT2D eigenvalue weighted by Crippen LogP contribution is 2.31. The van der Waals surface area contributed by atoms with Gasteiger partial charge in [-0.2, -0.15) is 0 Å². The first kappa shape index (κ1) is 25.8. The van der Waals surface area contributed by atoms with E-state index in [0.717, 1.165) is 44.5 Å². The molecular formula is C36H34N2O2. The third-order valence-electron chi connectivity index (χ3n) is 7.29. The molecule has 6 aromatic rings. The summed E-state index contributed by atoms with van der Waals surface area (Å²) in [4.78, 5) is 9.49. The minimum Gasteiger partial charge on any atom is -0.436 e. The maximum absolute atomic E-state index is 6.04. The molecule has 0 unspecified atom stereocenters. The SMILES string of the molecule is CC(C)(C)c1ccc2oc(-c3ccc(/C=C/c4ccc(-c5nc6cc(C(C)(C)C)ccc6o5)cc4)cc3)nc2c1. The van der Waals surface area contributed by atoms with Crippen LogP contribution in [0.1, 0.15) is 63.8 Å². The molecule has 0 aliphatic heterocycles. The molecule has 4 aromatic carbocycles. The minimum absolute atomic E-state index is 0.0718. The monoisotopic (exact) mass is 526 g/mol. The second kappa shape index (κ2) is 9.63. The van der Waals surface area contributed by atoms with Gasteiger partial charge in [-0.25, -0.2) is 9.97 Å². The van der Waals surface area contributed by atoms with Gasteiger partial charge >= 0.3 is 0 Å². The summed E-state index contributed by atoms with van der Waals surface area (Å²) in [7, 11) is 0. The highest BCUT2D eigenvalue weighted by molar-refractivity contribution is 5.79. The Hall–Kier alpha value is -4.44. The van der Waals surface area contributed by atoms with Crippen molar-refractivity contribution in [3.05, 3.63) is 107 Å². The van der Waals surface area contributed by atoms with Crippen LogP contribution in [0.25, 0.3) is 57.3 Å². The van der Waals surface area contributed by atoms with Crippen LogP contribution in [0.15, 0.2) is 93.8 Å². The van der Waals surface area contributed by atoms with Crippen LogP contribution in [0.4, 0.5) is 0 Å². The number of aromatic nitrogens is 2. The van der Waals surface area contributed by atoms with Crippen LogP contribution in [0.3, 0.4) is 0 Å². The molecule has 40 heavy (non-hydrogen) atoms. The van der Waals surface area contributed by atoms with E-state index in [-0.39, 0.29) is 10.8 Å². The zero-order valence-corrected chi connectivity index (χ0v) is 23.9. The lowest BCUT2D eigenvalue weighted by Gasteiger charge is -2.18. The number of nitrogens with zero attached hydrogens (tertiary/aromatic N) is 2. The maximum atomic E-state index is 6.04. The van der Waals surface area contributed by atoms with Crippen molar-refractivity contribution in [2.24, 2.45) is 0 Å². The Morgan fingerprint density at radius 3 is 1.23 bits per heavy atom. The summed E-state index contributed by atoms with van der Waals surface area (Å²) in [6.07, 6.45) is 4.21. The van der Waals surface area contributed by atoms with Crippen molar-refractivity contribution in [2.45, 2.75) is 52.4 Å². The molecule has 0 aliphatic rings. The zero-order chi connectivity index (χ0) is 28.1. The Morgan fingerprint density at radius 1 is 0.500 bits per heavy atom. The topological polar surface area (TPSA) is 52.1 Å². The number of fused-ring (bicyclic) bond motifs is 2. The highest BCUT2D eigenvalue weighted by atomic mass is 16.4. The summed E-state index contributed by atoms with van der Waals surface area (Å²) in [5.74, 6) is 1.28. The van der Waals surface area contributed by atoms with Gasteiger partial charge in [-0.3, -0.25) is 0 Å². The Morgan fingerprint density at radius 2 is 0.875 bits per heavy atom. The van der Waals surface area contributed by atoms with E-state index in [2.05, 4.69) is 126 Å². The van der Waals surface area contributed by atoms with Gasteiger partial charge in [0.1, 0.15) is 11.0 Å². The van der Waals surface area contributed by atoms with Crippen LogP contribution < -0.4 is 0 Å². The number of oxazole rings is 2. The van der Waals surface area contributed by atoms with Crippen molar-refractivity contribution in [1.82, 2.24) is 9.97 Å². The van der Waals surface area contributed by atoms with Gasteiger partial charge in [0, 0.05) is 11.1 Å². The normalized spacial score (nSPS) is 12.7. The van der Waals surface area contributed by atoms with Crippen LogP contribution in [-0.2, 0) is 10.8 Å². The first-order valence-electron chi connectivity index (χ1n) is 13.7. The number of hydrogen-bond donors (Lipinski definition) is 0. The summed E-state index contributed by atoms with van der Waals surface area (Å²) >= 11 is 0. The van der Waals surface area contributed by atoms with Crippen molar-refractivity contribution in [1.29, 1.82) is 0 Å². The molecule has 6 rings (SSSR count). The molecule has 0 saturated heterocycles. The zero-order valence-electron chi connectivity index (χ0n) is 23.9. The molecule has 0 aliphatic carbocycles. The second-order valence-corrected chi connectivity index (χ2v) is 12.5. The average Bonchev–Trinajstić information content (AvgIpc) is 3.55. The van der Waals surface area contributed by atoms with E-state index < -0.39 is 0 Å². The van der Waals surface area contributed by atoms with E-state index in [1.54, 1.807) is 0 Å². The van der Waals surface area contributed by atoms with E-state index in [1.165, 1.54) is 11.1 Å². The molecule has 4 nitrogen and oxygen atoms in total. The highest BCUT2D eigenvalue weighted by Gasteiger charge is 2.17. The quantitative estimate of drug-likeness (QED) is 0.214. The minimum atomic E-state index is 0.0718. The molecule has 2 heterocycles. The fourth-order valence-electron chi connectivity index (χ4n) is 4.70. The van der Waals surface area contributed by atoms with Crippen LogP contribution in [0.5, 0.6) is 0 Å². The van der Waals surface area contributed by atoms with E-state index in [9.17, 15) is 0 Å². The van der Waals surface area contributed by atoms with Gasteiger partial charge in [-0.05, 0) is 81.6 Å². The molecule has 0 saturated carbocycles. The molecular weight excluding hydrogens is 492 g/mol. The molecule has 0 spiro atoms. The first-order valence-corrected chi connectivity index (χ1v) is 13.7. The van der Waals surface area contributed by atoms with E-state index in [0.29, 0.717) is 11.8 Å². The van der Waals surface area contributed by atoms with Crippen LogP contribution in [0, 0.1) is 0 Å². The predicted octanol–water partition coefficient (Wildman–Crippen LogP) is 10.1. The molecule has 0 N–H and O–H groups in total. The second-order valence-electron chi connectivity index (χ2n) is 12.5. The fourth-order valence-corrected chi connectivity index (χ4v) is 4.70. The van der Waals surface area contributed by atoms with Crippen molar-refractivity contribution in [2.75, 3.05) is 0 Å². The van der Waals surface area contributed by atoms with Gasteiger partial charge in [0.2, 0.25) is 11.8 Å². The van der Waals surface area contributed by atoms with E-state index in [1.807, 2.05) is 12.1 Å². The van der Waals surface area contributed by atoms with Gasteiger partial charge in [-0.1, -0.05) is 90.1 Å². The Labute approximate surface area is 235 Å². The maximum Gasteiger partial charge on any atom is 0.227 e. The van der Waals surface area contributed by atoms with Crippen molar-refractivity contribution >= 4 is 34.4 Å². The van der Waals surface area contributed by atoms with Crippen molar-refractivity contribution in [3.63, 3.8) is 0 Å². The number of hydrogen-bond acceptors (Lipinski definition) is 4. The molecule has 2 aromatic heterocycles. The largest absolute Gasteiger partial charge is 0.436 e. The van der Waals surface area contributed by atoms with Crippen LogP contribution in [0.2, 0.25) is 0 Å². The first-order chi connectivity index (χ1) is 19.0. The van der Waals surface area contributed by atoms with Crippen molar-refractivity contribution < 1.29 is 8.83 Å². The summed E-state index contributed by atoms with van der Waals surface area (Å²) in [5, 5.41) is 0. The van der Waals surface area contributed by atoms with Gasteiger partial charge in [0.05, 0.1) is 0 Å². The third kappa shape index (κ3) is 5.22. The van der Waals surface area contributed by atoms with Crippen LogP contribution >= 0.6 is 0 Å². The predicted molar refractivity (Wildman–Crippen MR) is 165 cm³/mol. The summed E-state index contributed by atoms with van der Waals surface area (Å²) in [5.41, 5.74) is 10.2. The third-order valence-corrected chi connectivity index (χ3v) is 7.29. The molecule has 0 radical (unpaired) electrons. The van der Waals surface area contributed by atoms with Gasteiger partial charge in [0.25, 0.3) is 0 Å². The molecule has 0 fully saturated rings. The standard InChI is InChI=1S/C36H34N2O2/c1-35(2,3)27-17-19-31-29(21-27)37-33(39-31)25-13-9-23(10-14-25)7-8-24-11-15-26(16-12-24)34-38-30-22-28(36(4,5)6)18-20-32(30)40-34/h7-22H,1-6H3/b8-7+. The Bertz CT molecular complexity index is 1700. The summed E-state index contributed by atoms with van der Waals surface area (Å²) < 4.78 is 12.1. The molecule has 0 bridgehead atoms.